The molecular formula is C23H18N4O2S2. The summed E-state index contributed by atoms with van der Waals surface area (Å²) in [5.74, 6) is -0.282. The van der Waals surface area contributed by atoms with E-state index >= 15 is 0 Å². The van der Waals surface area contributed by atoms with Crippen molar-refractivity contribution in [2.45, 2.75) is 20.4 Å². The van der Waals surface area contributed by atoms with Crippen LogP contribution in [0, 0.1) is 13.8 Å². The topological polar surface area (TPSA) is 76.9 Å². The van der Waals surface area contributed by atoms with E-state index in [4.69, 9.17) is 0 Å². The number of fused-ring (bicyclic) bond motifs is 2. The molecule has 0 bridgehead atoms. The van der Waals surface area contributed by atoms with Crippen LogP contribution < -0.4 is 10.9 Å². The zero-order valence-corrected chi connectivity index (χ0v) is 18.5. The second-order valence-electron chi connectivity index (χ2n) is 7.34. The zero-order chi connectivity index (χ0) is 21.5. The van der Waals surface area contributed by atoms with Gasteiger partial charge in [-0.1, -0.05) is 29.8 Å². The van der Waals surface area contributed by atoms with Gasteiger partial charge in [0.1, 0.15) is 11.4 Å². The van der Waals surface area contributed by atoms with Crippen LogP contribution in [0.25, 0.3) is 31.6 Å². The molecule has 31 heavy (non-hydrogen) atoms. The van der Waals surface area contributed by atoms with Crippen molar-refractivity contribution in [3.05, 3.63) is 75.1 Å². The highest BCUT2D eigenvalue weighted by Gasteiger charge is 2.15. The molecule has 0 aliphatic carbocycles. The van der Waals surface area contributed by atoms with Crippen LogP contribution in [0.4, 0.5) is 5.69 Å². The predicted molar refractivity (Wildman–Crippen MR) is 127 cm³/mol. The zero-order valence-electron chi connectivity index (χ0n) is 16.9. The van der Waals surface area contributed by atoms with E-state index in [-0.39, 0.29) is 18.0 Å². The number of thiazole rings is 1. The fourth-order valence-corrected chi connectivity index (χ4v) is 5.27. The van der Waals surface area contributed by atoms with E-state index in [0.29, 0.717) is 15.9 Å². The Morgan fingerprint density at radius 1 is 1.13 bits per heavy atom. The number of anilines is 1. The number of rotatable bonds is 4. The number of carbonyl (C=O) groups excluding carboxylic acids is 1. The Morgan fingerprint density at radius 3 is 2.74 bits per heavy atom. The first-order chi connectivity index (χ1) is 15.0. The molecule has 0 spiro atoms. The Balaban J connectivity index is 1.43. The van der Waals surface area contributed by atoms with Gasteiger partial charge >= 0.3 is 0 Å². The molecule has 0 atom stereocenters. The number of amides is 1. The van der Waals surface area contributed by atoms with Gasteiger partial charge in [-0.3, -0.25) is 14.2 Å². The Kier molecular flexibility index (Phi) is 4.88. The minimum absolute atomic E-state index is 0.106. The third-order valence-electron chi connectivity index (χ3n) is 5.02. The summed E-state index contributed by atoms with van der Waals surface area (Å²) < 4.78 is 2.37. The molecule has 3 aromatic heterocycles. The monoisotopic (exact) mass is 446 g/mol. The molecule has 1 N–H and O–H groups in total. The van der Waals surface area contributed by atoms with Gasteiger partial charge in [0.15, 0.2) is 0 Å². The van der Waals surface area contributed by atoms with Crippen LogP contribution in [0.5, 0.6) is 0 Å². The summed E-state index contributed by atoms with van der Waals surface area (Å²) in [5, 5.41) is 6.34. The van der Waals surface area contributed by atoms with Crippen molar-refractivity contribution in [1.29, 1.82) is 0 Å². The Morgan fingerprint density at radius 2 is 1.94 bits per heavy atom. The quantitative estimate of drug-likeness (QED) is 0.422. The van der Waals surface area contributed by atoms with Crippen molar-refractivity contribution < 1.29 is 4.79 Å². The molecule has 0 fully saturated rings. The lowest BCUT2D eigenvalue weighted by molar-refractivity contribution is -0.116. The summed E-state index contributed by atoms with van der Waals surface area (Å²) in [5.41, 5.74) is 4.34. The minimum atomic E-state index is -0.282. The summed E-state index contributed by atoms with van der Waals surface area (Å²) in [7, 11) is 0. The summed E-state index contributed by atoms with van der Waals surface area (Å²) in [6.07, 6.45) is 1.44. The molecule has 8 heteroatoms. The molecule has 1 amide bonds. The number of thiophene rings is 1. The predicted octanol–water partition coefficient (Wildman–Crippen LogP) is 4.99. The molecule has 5 aromatic rings. The van der Waals surface area contributed by atoms with Gasteiger partial charge in [-0.2, -0.15) is 0 Å². The van der Waals surface area contributed by atoms with Gasteiger partial charge in [-0.25, -0.2) is 9.97 Å². The van der Waals surface area contributed by atoms with E-state index in [0.717, 1.165) is 31.9 Å². The van der Waals surface area contributed by atoms with Crippen LogP contribution in [-0.4, -0.2) is 20.4 Å². The average Bonchev–Trinajstić information content (AvgIpc) is 3.33. The maximum atomic E-state index is 13.2. The Labute approximate surface area is 185 Å². The van der Waals surface area contributed by atoms with Crippen molar-refractivity contribution in [3.8, 4) is 11.1 Å². The summed E-state index contributed by atoms with van der Waals surface area (Å²) >= 11 is 3.01. The fourth-order valence-electron chi connectivity index (χ4n) is 3.50. The molecule has 0 radical (unpaired) electrons. The molecule has 6 nitrogen and oxygen atoms in total. The minimum Gasteiger partial charge on any atom is -0.324 e. The largest absolute Gasteiger partial charge is 0.324 e. The first-order valence-electron chi connectivity index (χ1n) is 9.69. The van der Waals surface area contributed by atoms with E-state index in [1.807, 2.05) is 61.7 Å². The van der Waals surface area contributed by atoms with Gasteiger partial charge in [0.25, 0.3) is 5.56 Å². The molecule has 0 aliphatic rings. The van der Waals surface area contributed by atoms with Gasteiger partial charge in [0.05, 0.1) is 26.9 Å². The maximum absolute atomic E-state index is 13.2. The van der Waals surface area contributed by atoms with E-state index in [1.54, 1.807) is 11.3 Å². The number of hydrogen-bond acceptors (Lipinski definition) is 6. The molecule has 2 aromatic carbocycles. The van der Waals surface area contributed by atoms with Crippen LogP contribution in [0.15, 0.2) is 59.0 Å². The molecule has 154 valence electrons. The van der Waals surface area contributed by atoms with Gasteiger partial charge in [-0.15, -0.1) is 22.7 Å². The first kappa shape index (κ1) is 19.6. The van der Waals surface area contributed by atoms with Crippen LogP contribution in [0.1, 0.15) is 10.6 Å². The molecule has 5 rings (SSSR count). The third kappa shape index (κ3) is 3.75. The molecule has 0 saturated heterocycles. The Bertz CT molecular complexity index is 1500. The lowest BCUT2D eigenvalue weighted by Gasteiger charge is -2.08. The summed E-state index contributed by atoms with van der Waals surface area (Å²) in [6.45, 7) is 3.87. The fraction of sp³-hybridized carbons (Fsp3) is 0.130. The lowest BCUT2D eigenvalue weighted by atomic mass is 10.1. The van der Waals surface area contributed by atoms with E-state index in [9.17, 15) is 9.59 Å². The number of hydrogen-bond donors (Lipinski definition) is 1. The highest BCUT2D eigenvalue weighted by Crippen LogP contribution is 2.30. The highest BCUT2D eigenvalue weighted by molar-refractivity contribution is 7.18. The average molecular weight is 447 g/mol. The molecular weight excluding hydrogens is 428 g/mol. The van der Waals surface area contributed by atoms with Gasteiger partial charge in [0, 0.05) is 16.6 Å². The number of carbonyl (C=O) groups is 1. The number of nitrogens with zero attached hydrogens (tertiary/aromatic N) is 3. The van der Waals surface area contributed by atoms with Crippen LogP contribution >= 0.6 is 22.7 Å². The van der Waals surface area contributed by atoms with E-state index < -0.39 is 0 Å². The van der Waals surface area contributed by atoms with Gasteiger partial charge in [0.2, 0.25) is 5.91 Å². The second kappa shape index (κ2) is 7.72. The number of benzene rings is 2. The summed E-state index contributed by atoms with van der Waals surface area (Å²) in [6, 6.07) is 13.6. The van der Waals surface area contributed by atoms with Crippen LogP contribution in [0.3, 0.4) is 0 Å². The van der Waals surface area contributed by atoms with E-state index in [2.05, 4.69) is 15.3 Å². The van der Waals surface area contributed by atoms with Crippen molar-refractivity contribution in [3.63, 3.8) is 0 Å². The smallest absolute Gasteiger partial charge is 0.263 e. The highest BCUT2D eigenvalue weighted by atomic mass is 32.1. The van der Waals surface area contributed by atoms with Crippen molar-refractivity contribution in [1.82, 2.24) is 14.5 Å². The number of aromatic nitrogens is 3. The molecule has 0 saturated carbocycles. The summed E-state index contributed by atoms with van der Waals surface area (Å²) in [4.78, 5) is 35.3. The van der Waals surface area contributed by atoms with Gasteiger partial charge < -0.3 is 5.32 Å². The van der Waals surface area contributed by atoms with Crippen molar-refractivity contribution >= 4 is 54.7 Å². The van der Waals surface area contributed by atoms with Crippen molar-refractivity contribution in [2.24, 2.45) is 0 Å². The SMILES string of the molecule is Cc1ccc(-c2csc3ncn(CC(=O)Nc4ccc5nc(C)sc5c4)c(=O)c23)cc1. The standard InChI is InChI=1S/C23H18N4O2S2/c1-13-3-5-15(6-4-13)17-11-30-22-21(17)23(29)27(12-24-22)10-20(28)26-16-7-8-18-19(9-16)31-14(2)25-18/h3-9,11-12H,10H2,1-2H3,(H,26,28). The van der Waals surface area contributed by atoms with Crippen LogP contribution in [0.2, 0.25) is 0 Å². The molecule has 3 heterocycles. The maximum Gasteiger partial charge on any atom is 0.263 e. The normalized spacial score (nSPS) is 11.3. The molecule has 0 unspecified atom stereocenters. The van der Waals surface area contributed by atoms with Crippen LogP contribution in [-0.2, 0) is 11.3 Å². The molecule has 0 aliphatic heterocycles. The van der Waals surface area contributed by atoms with Gasteiger partial charge in [-0.05, 0) is 37.6 Å². The number of aryl methyl sites for hydroxylation is 2. The second-order valence-corrected chi connectivity index (χ2v) is 9.43. The number of nitrogens with one attached hydrogen (secondary N) is 1. The first-order valence-corrected chi connectivity index (χ1v) is 11.4. The third-order valence-corrected chi connectivity index (χ3v) is 6.84. The Hall–Kier alpha value is -3.36. The lowest BCUT2D eigenvalue weighted by Crippen LogP contribution is -2.27. The van der Waals surface area contributed by atoms with E-state index in [1.165, 1.54) is 22.2 Å². The van der Waals surface area contributed by atoms with Crippen molar-refractivity contribution in [2.75, 3.05) is 5.32 Å².